The molecule has 3 heteroatoms. The van der Waals surface area contributed by atoms with Crippen molar-refractivity contribution in [2.45, 2.75) is 45.1 Å². The minimum Gasteiger partial charge on any atom is -0.467 e. The van der Waals surface area contributed by atoms with Crippen LogP contribution in [-0.2, 0) is 21.5 Å². The molecular formula is C17H25NO2. The van der Waals surface area contributed by atoms with Crippen LogP contribution in [0.4, 0.5) is 0 Å². The summed E-state index contributed by atoms with van der Waals surface area (Å²) in [6.07, 6.45) is 4.73. The highest BCUT2D eigenvalue weighted by Crippen LogP contribution is 2.30. The van der Waals surface area contributed by atoms with E-state index in [1.165, 1.54) is 25.5 Å². The molecule has 1 aliphatic carbocycles. The van der Waals surface area contributed by atoms with E-state index in [0.717, 1.165) is 30.9 Å². The number of carbonyl (C=O) groups is 1. The zero-order chi connectivity index (χ0) is 14.6. The van der Waals surface area contributed by atoms with Gasteiger partial charge in [-0.05, 0) is 49.8 Å². The third kappa shape index (κ3) is 3.40. The van der Waals surface area contributed by atoms with Crippen molar-refractivity contribution >= 4 is 5.97 Å². The number of nitrogens with one attached hydrogen (secondary N) is 1. The Bertz CT molecular complexity index is 451. The van der Waals surface area contributed by atoms with Crippen LogP contribution in [0.3, 0.4) is 0 Å². The topological polar surface area (TPSA) is 38.3 Å². The fourth-order valence-corrected chi connectivity index (χ4v) is 2.46. The summed E-state index contributed by atoms with van der Waals surface area (Å²) in [6, 6.07) is 8.31. The van der Waals surface area contributed by atoms with Gasteiger partial charge in [-0.1, -0.05) is 37.6 Å². The molecule has 0 spiro atoms. The zero-order valence-corrected chi connectivity index (χ0v) is 12.7. The molecule has 1 aliphatic rings. The first-order valence-corrected chi connectivity index (χ1v) is 7.53. The SMILES string of the molecule is CCCc1ccc(C(C)(NCC2CC2)C(=O)OC)cc1. The molecular weight excluding hydrogens is 250 g/mol. The standard InChI is InChI=1S/C17H25NO2/c1-4-5-13-8-10-15(11-9-13)17(2,16(19)20-3)18-12-14-6-7-14/h8-11,14,18H,4-7,12H2,1-3H3. The zero-order valence-electron chi connectivity index (χ0n) is 12.7. The van der Waals surface area contributed by atoms with E-state index in [1.54, 1.807) is 0 Å². The Morgan fingerprint density at radius 1 is 1.35 bits per heavy atom. The molecule has 1 N–H and O–H groups in total. The van der Waals surface area contributed by atoms with Gasteiger partial charge in [-0.25, -0.2) is 4.79 Å². The summed E-state index contributed by atoms with van der Waals surface area (Å²) in [6.45, 7) is 4.96. The molecule has 0 amide bonds. The van der Waals surface area contributed by atoms with Crippen LogP contribution >= 0.6 is 0 Å². The van der Waals surface area contributed by atoms with Crippen molar-refractivity contribution in [3.63, 3.8) is 0 Å². The van der Waals surface area contributed by atoms with Crippen molar-refractivity contribution in [2.75, 3.05) is 13.7 Å². The van der Waals surface area contributed by atoms with Gasteiger partial charge < -0.3 is 4.74 Å². The first-order valence-electron chi connectivity index (χ1n) is 7.53. The van der Waals surface area contributed by atoms with Crippen molar-refractivity contribution in [2.24, 2.45) is 5.92 Å². The minimum absolute atomic E-state index is 0.221. The number of hydrogen-bond acceptors (Lipinski definition) is 3. The minimum atomic E-state index is -0.748. The second-order valence-corrected chi connectivity index (χ2v) is 5.89. The molecule has 1 aromatic carbocycles. The van der Waals surface area contributed by atoms with Gasteiger partial charge in [0.25, 0.3) is 0 Å². The lowest BCUT2D eigenvalue weighted by molar-refractivity contribution is -0.148. The van der Waals surface area contributed by atoms with Crippen molar-refractivity contribution in [1.82, 2.24) is 5.32 Å². The summed E-state index contributed by atoms with van der Waals surface area (Å²) in [4.78, 5) is 12.2. The molecule has 1 unspecified atom stereocenters. The number of rotatable bonds is 7. The fraction of sp³-hybridized carbons (Fsp3) is 0.588. The van der Waals surface area contributed by atoms with E-state index in [-0.39, 0.29) is 5.97 Å². The smallest absolute Gasteiger partial charge is 0.330 e. The van der Waals surface area contributed by atoms with E-state index in [1.807, 2.05) is 19.1 Å². The lowest BCUT2D eigenvalue weighted by atomic mass is 9.90. The predicted molar refractivity (Wildman–Crippen MR) is 80.5 cm³/mol. The monoisotopic (exact) mass is 275 g/mol. The molecule has 1 saturated carbocycles. The third-order valence-corrected chi connectivity index (χ3v) is 4.10. The van der Waals surface area contributed by atoms with Gasteiger partial charge in [0.15, 0.2) is 0 Å². The Hall–Kier alpha value is -1.35. The fourth-order valence-electron chi connectivity index (χ4n) is 2.46. The van der Waals surface area contributed by atoms with Crippen molar-refractivity contribution in [1.29, 1.82) is 0 Å². The number of aryl methyl sites for hydroxylation is 1. The van der Waals surface area contributed by atoms with Gasteiger partial charge in [-0.15, -0.1) is 0 Å². The Morgan fingerprint density at radius 3 is 2.50 bits per heavy atom. The lowest BCUT2D eigenvalue weighted by Crippen LogP contribution is -2.48. The maximum atomic E-state index is 12.2. The van der Waals surface area contributed by atoms with Gasteiger partial charge in [0, 0.05) is 0 Å². The molecule has 3 nitrogen and oxygen atoms in total. The van der Waals surface area contributed by atoms with Crippen molar-refractivity contribution in [3.8, 4) is 0 Å². The number of benzene rings is 1. The predicted octanol–water partition coefficient (Wildman–Crippen LogP) is 3.03. The van der Waals surface area contributed by atoms with Crippen LogP contribution in [0.25, 0.3) is 0 Å². The lowest BCUT2D eigenvalue weighted by Gasteiger charge is -2.29. The van der Waals surface area contributed by atoms with Gasteiger partial charge in [-0.3, -0.25) is 5.32 Å². The highest BCUT2D eigenvalue weighted by molar-refractivity contribution is 5.82. The van der Waals surface area contributed by atoms with Crippen LogP contribution in [0.15, 0.2) is 24.3 Å². The quantitative estimate of drug-likeness (QED) is 0.777. The van der Waals surface area contributed by atoms with E-state index >= 15 is 0 Å². The van der Waals surface area contributed by atoms with Crippen LogP contribution < -0.4 is 5.32 Å². The summed E-state index contributed by atoms with van der Waals surface area (Å²) in [7, 11) is 1.45. The maximum absolute atomic E-state index is 12.2. The number of methoxy groups -OCH3 is 1. The number of ether oxygens (including phenoxy) is 1. The Labute approximate surface area is 121 Å². The molecule has 0 aromatic heterocycles. The summed E-state index contributed by atoms with van der Waals surface area (Å²) < 4.78 is 5.00. The first kappa shape index (κ1) is 15.0. The molecule has 1 atom stereocenters. The number of hydrogen-bond donors (Lipinski definition) is 1. The van der Waals surface area contributed by atoms with E-state index in [2.05, 4.69) is 24.4 Å². The van der Waals surface area contributed by atoms with Gasteiger partial charge in [0.2, 0.25) is 0 Å². The highest BCUT2D eigenvalue weighted by atomic mass is 16.5. The second-order valence-electron chi connectivity index (χ2n) is 5.89. The molecule has 2 rings (SSSR count). The van der Waals surface area contributed by atoms with E-state index in [0.29, 0.717) is 0 Å². The molecule has 0 heterocycles. The van der Waals surface area contributed by atoms with Gasteiger partial charge in [0.1, 0.15) is 5.54 Å². The molecule has 0 bridgehead atoms. The van der Waals surface area contributed by atoms with E-state index in [4.69, 9.17) is 4.74 Å². The Kier molecular flexibility index (Phi) is 4.81. The first-order chi connectivity index (χ1) is 9.60. The maximum Gasteiger partial charge on any atom is 0.330 e. The molecule has 0 saturated heterocycles. The summed E-state index contributed by atoms with van der Waals surface area (Å²) >= 11 is 0. The molecule has 1 fully saturated rings. The van der Waals surface area contributed by atoms with Gasteiger partial charge >= 0.3 is 5.97 Å². The van der Waals surface area contributed by atoms with Crippen LogP contribution in [-0.4, -0.2) is 19.6 Å². The third-order valence-electron chi connectivity index (χ3n) is 4.10. The average Bonchev–Trinajstić information content (AvgIpc) is 3.29. The molecule has 20 heavy (non-hydrogen) atoms. The van der Waals surface area contributed by atoms with Crippen LogP contribution in [0.5, 0.6) is 0 Å². The molecule has 110 valence electrons. The summed E-state index contributed by atoms with van der Waals surface area (Å²) in [5, 5.41) is 3.40. The van der Waals surface area contributed by atoms with Crippen molar-refractivity contribution < 1.29 is 9.53 Å². The molecule has 0 aliphatic heterocycles. The normalized spacial score (nSPS) is 17.6. The summed E-state index contributed by atoms with van der Waals surface area (Å²) in [5.74, 6) is 0.500. The highest BCUT2D eigenvalue weighted by Gasteiger charge is 2.37. The average molecular weight is 275 g/mol. The Balaban J connectivity index is 2.17. The van der Waals surface area contributed by atoms with Crippen LogP contribution in [0.1, 0.15) is 44.2 Å². The second kappa shape index (κ2) is 6.40. The molecule has 1 aromatic rings. The molecule has 0 radical (unpaired) electrons. The largest absolute Gasteiger partial charge is 0.467 e. The van der Waals surface area contributed by atoms with Crippen LogP contribution in [0.2, 0.25) is 0 Å². The van der Waals surface area contributed by atoms with Gasteiger partial charge in [-0.2, -0.15) is 0 Å². The Morgan fingerprint density at radius 2 is 2.00 bits per heavy atom. The van der Waals surface area contributed by atoms with Crippen LogP contribution in [0, 0.1) is 5.92 Å². The van der Waals surface area contributed by atoms with E-state index in [9.17, 15) is 4.79 Å². The van der Waals surface area contributed by atoms with Crippen molar-refractivity contribution in [3.05, 3.63) is 35.4 Å². The number of esters is 1. The van der Waals surface area contributed by atoms with E-state index < -0.39 is 5.54 Å². The number of carbonyl (C=O) groups excluding carboxylic acids is 1. The summed E-state index contributed by atoms with van der Waals surface area (Å²) in [5.41, 5.74) is 1.54. The van der Waals surface area contributed by atoms with Gasteiger partial charge in [0.05, 0.1) is 7.11 Å².